The lowest BCUT2D eigenvalue weighted by Gasteiger charge is -2.13. The maximum Gasteiger partial charge on any atom is 0.435 e. The number of primary sulfonamides is 1. The van der Waals surface area contributed by atoms with Crippen LogP contribution >= 0.6 is 34.8 Å². The second-order valence-electron chi connectivity index (χ2n) is 5.56. The van der Waals surface area contributed by atoms with E-state index in [0.717, 1.165) is 10.7 Å². The molecule has 28 heavy (non-hydrogen) atoms. The van der Waals surface area contributed by atoms with E-state index in [9.17, 15) is 21.6 Å². The van der Waals surface area contributed by atoms with Crippen LogP contribution in [-0.4, -0.2) is 18.2 Å². The summed E-state index contributed by atoms with van der Waals surface area (Å²) in [6.45, 7) is 0. The van der Waals surface area contributed by atoms with Gasteiger partial charge in [-0.1, -0.05) is 46.9 Å². The molecule has 2 N–H and O–H groups in total. The van der Waals surface area contributed by atoms with Crippen molar-refractivity contribution in [1.29, 1.82) is 0 Å². The van der Waals surface area contributed by atoms with Gasteiger partial charge in [0.15, 0.2) is 5.69 Å². The summed E-state index contributed by atoms with van der Waals surface area (Å²) in [7, 11) is -4.27. The van der Waals surface area contributed by atoms with Crippen LogP contribution in [-0.2, 0) is 16.2 Å². The minimum absolute atomic E-state index is 0.00244. The number of hydrogen-bond donors (Lipinski definition) is 1. The molecule has 2 aromatic carbocycles. The minimum atomic E-state index is -4.81. The van der Waals surface area contributed by atoms with Gasteiger partial charge in [-0.3, -0.25) is 0 Å². The van der Waals surface area contributed by atoms with Crippen molar-refractivity contribution in [3.8, 4) is 16.9 Å². The number of alkyl halides is 3. The van der Waals surface area contributed by atoms with Crippen molar-refractivity contribution >= 4 is 44.8 Å². The highest BCUT2D eigenvalue weighted by atomic mass is 35.5. The largest absolute Gasteiger partial charge is 0.435 e. The van der Waals surface area contributed by atoms with E-state index in [0.29, 0.717) is 6.07 Å². The van der Waals surface area contributed by atoms with Gasteiger partial charge in [0.1, 0.15) is 4.90 Å². The standard InChI is InChI=1S/C16H9Cl3F3N3O2S/c17-8-5-6-9(18)15(19)14(8)11-7-13(16(20,21)22)24-25(11)10-3-1-2-4-12(10)28(23,26)27/h1-7H,(H2,23,26,27). The fourth-order valence-electron chi connectivity index (χ4n) is 2.52. The van der Waals surface area contributed by atoms with E-state index in [1.807, 2.05) is 0 Å². The number of nitrogens with two attached hydrogens (primary N) is 1. The molecule has 5 nitrogen and oxygen atoms in total. The molecule has 0 saturated carbocycles. The molecule has 0 aliphatic carbocycles. The van der Waals surface area contributed by atoms with E-state index in [-0.39, 0.29) is 32.0 Å². The Hall–Kier alpha value is -1.78. The first-order valence-electron chi connectivity index (χ1n) is 7.34. The van der Waals surface area contributed by atoms with E-state index >= 15 is 0 Å². The Bertz CT molecular complexity index is 1180. The molecule has 0 atom stereocenters. The molecule has 0 amide bonds. The first-order chi connectivity index (χ1) is 12.9. The van der Waals surface area contributed by atoms with Crippen LogP contribution in [0.5, 0.6) is 0 Å². The molecule has 1 aromatic heterocycles. The topological polar surface area (TPSA) is 78.0 Å². The first-order valence-corrected chi connectivity index (χ1v) is 10.0. The van der Waals surface area contributed by atoms with Crippen LogP contribution in [0.4, 0.5) is 13.2 Å². The van der Waals surface area contributed by atoms with Gasteiger partial charge in [-0.15, -0.1) is 0 Å². The van der Waals surface area contributed by atoms with Crippen molar-refractivity contribution in [2.45, 2.75) is 11.1 Å². The van der Waals surface area contributed by atoms with Gasteiger partial charge in [0, 0.05) is 5.56 Å². The van der Waals surface area contributed by atoms with Crippen molar-refractivity contribution in [1.82, 2.24) is 9.78 Å². The molecule has 1 heterocycles. The third kappa shape index (κ3) is 3.85. The van der Waals surface area contributed by atoms with Gasteiger partial charge < -0.3 is 0 Å². The predicted molar refractivity (Wildman–Crippen MR) is 100 cm³/mol. The van der Waals surface area contributed by atoms with Gasteiger partial charge in [0.25, 0.3) is 0 Å². The molecule has 0 aliphatic heterocycles. The van der Waals surface area contributed by atoms with Gasteiger partial charge in [-0.05, 0) is 30.3 Å². The lowest BCUT2D eigenvalue weighted by atomic mass is 10.1. The van der Waals surface area contributed by atoms with Crippen molar-refractivity contribution in [3.63, 3.8) is 0 Å². The van der Waals surface area contributed by atoms with Crippen molar-refractivity contribution in [2.24, 2.45) is 5.14 Å². The van der Waals surface area contributed by atoms with Crippen LogP contribution in [0, 0.1) is 0 Å². The highest BCUT2D eigenvalue weighted by Gasteiger charge is 2.36. The predicted octanol–water partition coefficient (Wildman–Crippen LogP) is 5.17. The normalized spacial score (nSPS) is 12.4. The molecular formula is C16H9Cl3F3N3O2S. The zero-order valence-electron chi connectivity index (χ0n) is 13.5. The number of rotatable bonds is 3. The molecule has 0 saturated heterocycles. The SMILES string of the molecule is NS(=O)(=O)c1ccccc1-n1nc(C(F)(F)F)cc1-c1c(Cl)ccc(Cl)c1Cl. The fourth-order valence-corrected chi connectivity index (χ4v) is 3.95. The van der Waals surface area contributed by atoms with Crippen molar-refractivity contribution in [2.75, 3.05) is 0 Å². The second-order valence-corrected chi connectivity index (χ2v) is 8.28. The molecule has 0 fully saturated rings. The molecule has 0 aliphatic rings. The fraction of sp³-hybridized carbons (Fsp3) is 0.0625. The summed E-state index contributed by atoms with van der Waals surface area (Å²) in [6.07, 6.45) is -4.81. The van der Waals surface area contributed by atoms with E-state index in [4.69, 9.17) is 39.9 Å². The Morgan fingerprint density at radius 2 is 1.61 bits per heavy atom. The summed E-state index contributed by atoms with van der Waals surface area (Å²) in [5, 5.41) is 8.65. The molecule has 0 spiro atoms. The number of hydrogen-bond acceptors (Lipinski definition) is 3. The summed E-state index contributed by atoms with van der Waals surface area (Å²) in [5.74, 6) is 0. The molecular weight excluding hydrogens is 462 g/mol. The van der Waals surface area contributed by atoms with E-state index < -0.39 is 26.8 Å². The average molecular weight is 471 g/mol. The summed E-state index contributed by atoms with van der Waals surface area (Å²) in [5.41, 5.74) is -1.73. The Morgan fingerprint density at radius 3 is 2.21 bits per heavy atom. The number of benzene rings is 2. The zero-order chi connectivity index (χ0) is 20.9. The Morgan fingerprint density at radius 1 is 1.00 bits per heavy atom. The van der Waals surface area contributed by atoms with E-state index in [1.165, 1.54) is 30.3 Å². The van der Waals surface area contributed by atoms with Crippen LogP contribution < -0.4 is 5.14 Å². The molecule has 0 bridgehead atoms. The maximum absolute atomic E-state index is 13.3. The highest BCUT2D eigenvalue weighted by Crippen LogP contribution is 2.42. The van der Waals surface area contributed by atoms with Gasteiger partial charge in [0.05, 0.1) is 26.4 Å². The molecule has 3 rings (SSSR count). The van der Waals surface area contributed by atoms with Crippen LogP contribution in [0.2, 0.25) is 15.1 Å². The number of nitrogens with zero attached hydrogens (tertiary/aromatic N) is 2. The summed E-state index contributed by atoms with van der Waals surface area (Å²) >= 11 is 18.3. The molecule has 148 valence electrons. The number of sulfonamides is 1. The van der Waals surface area contributed by atoms with Crippen molar-refractivity contribution < 1.29 is 21.6 Å². The maximum atomic E-state index is 13.3. The molecule has 0 unspecified atom stereocenters. The highest BCUT2D eigenvalue weighted by molar-refractivity contribution is 7.89. The van der Waals surface area contributed by atoms with E-state index in [1.54, 1.807) is 0 Å². The summed E-state index contributed by atoms with van der Waals surface area (Å²) in [6, 6.07) is 8.61. The van der Waals surface area contributed by atoms with Crippen LogP contribution in [0.3, 0.4) is 0 Å². The second kappa shape index (κ2) is 7.23. The Balaban J connectivity index is 2.43. The summed E-state index contributed by atoms with van der Waals surface area (Å²) in [4.78, 5) is -0.428. The van der Waals surface area contributed by atoms with Crippen LogP contribution in [0.15, 0.2) is 47.4 Å². The van der Waals surface area contributed by atoms with Gasteiger partial charge in [-0.25, -0.2) is 18.2 Å². The third-order valence-electron chi connectivity index (χ3n) is 3.70. The Kier molecular flexibility index (Phi) is 5.41. The summed E-state index contributed by atoms with van der Waals surface area (Å²) < 4.78 is 64.5. The van der Waals surface area contributed by atoms with Gasteiger partial charge in [-0.2, -0.15) is 18.3 Å². The Labute approximate surface area is 172 Å². The molecule has 0 radical (unpaired) electrons. The number of halogens is 6. The number of para-hydroxylation sites is 1. The van der Waals surface area contributed by atoms with Crippen molar-refractivity contribution in [3.05, 3.63) is 63.2 Å². The zero-order valence-corrected chi connectivity index (χ0v) is 16.6. The smallest absolute Gasteiger partial charge is 0.231 e. The lowest BCUT2D eigenvalue weighted by molar-refractivity contribution is -0.141. The number of aromatic nitrogens is 2. The molecule has 12 heteroatoms. The van der Waals surface area contributed by atoms with Gasteiger partial charge >= 0.3 is 6.18 Å². The first kappa shape index (κ1) is 20.9. The quantitative estimate of drug-likeness (QED) is 0.537. The van der Waals surface area contributed by atoms with Crippen LogP contribution in [0.25, 0.3) is 16.9 Å². The lowest BCUT2D eigenvalue weighted by Crippen LogP contribution is -2.16. The van der Waals surface area contributed by atoms with Gasteiger partial charge in [0.2, 0.25) is 10.0 Å². The monoisotopic (exact) mass is 469 g/mol. The third-order valence-corrected chi connectivity index (χ3v) is 5.78. The molecule has 3 aromatic rings. The van der Waals surface area contributed by atoms with Crippen LogP contribution in [0.1, 0.15) is 5.69 Å². The average Bonchev–Trinajstić information content (AvgIpc) is 3.03. The minimum Gasteiger partial charge on any atom is -0.231 e. The van der Waals surface area contributed by atoms with E-state index in [2.05, 4.69) is 5.10 Å².